The van der Waals surface area contributed by atoms with Gasteiger partial charge in [0.25, 0.3) is 0 Å². The lowest BCUT2D eigenvalue weighted by Gasteiger charge is -2.26. The number of hydrogen-bond donors (Lipinski definition) is 2. The molecule has 0 atom stereocenters. The zero-order valence-corrected chi connectivity index (χ0v) is 17.8. The number of hydrogen-bond acceptors (Lipinski definition) is 4. The van der Waals surface area contributed by atoms with Crippen LogP contribution in [0.2, 0.25) is 0 Å². The minimum atomic E-state index is -0.0431. The van der Waals surface area contributed by atoms with Gasteiger partial charge in [-0.2, -0.15) is 5.10 Å². The Kier molecular flexibility index (Phi) is 9.06. The zero-order chi connectivity index (χ0) is 19.8. The van der Waals surface area contributed by atoms with E-state index in [4.69, 9.17) is 9.47 Å². The smallest absolute Gasteiger partial charge is 0.244 e. The number of rotatable bonds is 8. The third-order valence-corrected chi connectivity index (χ3v) is 5.16. The Morgan fingerprint density at radius 2 is 2.03 bits per heavy atom. The van der Waals surface area contributed by atoms with Gasteiger partial charge in [0.1, 0.15) is 0 Å². The van der Waals surface area contributed by atoms with Gasteiger partial charge in [-0.05, 0) is 61.4 Å². The van der Waals surface area contributed by atoms with E-state index in [9.17, 15) is 4.79 Å². The molecule has 0 spiro atoms. The first-order valence-electron chi connectivity index (χ1n) is 9.91. The van der Waals surface area contributed by atoms with Crippen LogP contribution in [0.15, 0.2) is 36.5 Å². The van der Waals surface area contributed by atoms with Gasteiger partial charge in [0.2, 0.25) is 5.91 Å². The van der Waals surface area contributed by atoms with Gasteiger partial charge in [-0.15, -0.1) is 12.4 Å². The van der Waals surface area contributed by atoms with E-state index in [0.29, 0.717) is 24.1 Å². The summed E-state index contributed by atoms with van der Waals surface area (Å²) < 4.78 is 11.2. The van der Waals surface area contributed by atoms with Crippen LogP contribution in [-0.4, -0.2) is 35.9 Å². The molecule has 1 aromatic heterocycles. The minimum Gasteiger partial charge on any atom is -0.493 e. The first kappa shape index (κ1) is 22.8. The fourth-order valence-corrected chi connectivity index (χ4v) is 3.43. The molecule has 1 fully saturated rings. The van der Waals surface area contributed by atoms with E-state index in [0.717, 1.165) is 36.4 Å². The molecule has 1 amide bonds. The lowest BCUT2D eigenvalue weighted by molar-refractivity contribution is -0.117. The molecule has 0 saturated heterocycles. The van der Waals surface area contributed by atoms with Crippen molar-refractivity contribution in [2.24, 2.45) is 5.92 Å². The number of amides is 1. The third-order valence-electron chi connectivity index (χ3n) is 5.16. The fourth-order valence-electron chi connectivity index (χ4n) is 3.43. The molecule has 0 radical (unpaired) electrons. The summed E-state index contributed by atoms with van der Waals surface area (Å²) >= 11 is 0. The summed E-state index contributed by atoms with van der Waals surface area (Å²) in [6, 6.07) is 7.88. The van der Waals surface area contributed by atoms with Crippen molar-refractivity contribution < 1.29 is 14.3 Å². The number of nitrogens with one attached hydrogen (secondary N) is 2. The second-order valence-corrected chi connectivity index (χ2v) is 7.39. The molecule has 1 saturated carbocycles. The maximum absolute atomic E-state index is 12.2. The van der Waals surface area contributed by atoms with E-state index < -0.39 is 0 Å². The monoisotopic (exact) mass is 419 g/mol. The number of carbonyl (C=O) groups is 1. The Morgan fingerprint density at radius 3 is 2.72 bits per heavy atom. The van der Waals surface area contributed by atoms with Crippen molar-refractivity contribution in [1.29, 1.82) is 0 Å². The van der Waals surface area contributed by atoms with Crippen LogP contribution in [-0.2, 0) is 11.2 Å². The molecule has 7 heteroatoms. The van der Waals surface area contributed by atoms with Crippen LogP contribution >= 0.6 is 12.4 Å². The highest BCUT2D eigenvalue weighted by Crippen LogP contribution is 2.29. The number of ether oxygens (including phenoxy) is 2. The Morgan fingerprint density at radius 1 is 1.24 bits per heavy atom. The Balaban J connectivity index is 0.00000300. The van der Waals surface area contributed by atoms with Crippen LogP contribution in [0.25, 0.3) is 6.08 Å². The Labute approximate surface area is 178 Å². The van der Waals surface area contributed by atoms with Crippen LogP contribution in [0.5, 0.6) is 11.5 Å². The second-order valence-electron chi connectivity index (χ2n) is 7.39. The first-order chi connectivity index (χ1) is 13.6. The molecule has 3 rings (SSSR count). The molecule has 6 nitrogen and oxygen atoms in total. The van der Waals surface area contributed by atoms with E-state index in [1.54, 1.807) is 25.5 Å². The standard InChI is InChI=1S/C22H29N3O3.ClH/c1-16-3-7-18(8-4-16)24-22(26)10-6-17-5-9-20(21(15-17)27-2)28-14-12-19-11-13-23-25-19;/h5-6,9-11,13,15-16,18H,3-4,7-8,12,14H2,1-2H3,(H,23,25)(H,24,26);1H/b10-6+;. The molecule has 0 bridgehead atoms. The summed E-state index contributed by atoms with van der Waals surface area (Å²) in [5, 5.41) is 9.93. The molecule has 1 aromatic carbocycles. The molecule has 0 aliphatic heterocycles. The van der Waals surface area contributed by atoms with Crippen LogP contribution in [0.4, 0.5) is 0 Å². The van der Waals surface area contributed by atoms with E-state index in [1.165, 1.54) is 12.8 Å². The average molecular weight is 420 g/mol. The third kappa shape index (κ3) is 7.13. The minimum absolute atomic E-state index is 0. The highest BCUT2D eigenvalue weighted by atomic mass is 35.5. The van der Waals surface area contributed by atoms with Crippen molar-refractivity contribution in [1.82, 2.24) is 15.5 Å². The molecule has 158 valence electrons. The zero-order valence-electron chi connectivity index (χ0n) is 17.0. The number of benzene rings is 1. The summed E-state index contributed by atoms with van der Waals surface area (Å²) in [5.74, 6) is 2.06. The number of aromatic nitrogens is 2. The molecule has 1 aliphatic carbocycles. The number of methoxy groups -OCH3 is 1. The van der Waals surface area contributed by atoms with E-state index >= 15 is 0 Å². The van der Waals surface area contributed by atoms with Crippen molar-refractivity contribution in [2.75, 3.05) is 13.7 Å². The summed E-state index contributed by atoms with van der Waals surface area (Å²) in [6.45, 7) is 2.80. The molecule has 1 heterocycles. The molecule has 2 N–H and O–H groups in total. The van der Waals surface area contributed by atoms with Crippen LogP contribution in [0.1, 0.15) is 43.9 Å². The maximum atomic E-state index is 12.2. The Bertz CT molecular complexity index is 785. The lowest BCUT2D eigenvalue weighted by atomic mass is 9.87. The van der Waals surface area contributed by atoms with Crippen LogP contribution in [0, 0.1) is 5.92 Å². The van der Waals surface area contributed by atoms with Gasteiger partial charge in [-0.25, -0.2) is 0 Å². The summed E-state index contributed by atoms with van der Waals surface area (Å²) in [5.41, 5.74) is 1.92. The molecule has 29 heavy (non-hydrogen) atoms. The van der Waals surface area contributed by atoms with Crippen molar-refractivity contribution in [3.05, 3.63) is 47.8 Å². The summed E-state index contributed by atoms with van der Waals surface area (Å²) in [4.78, 5) is 12.2. The van der Waals surface area contributed by atoms with Crippen molar-refractivity contribution in [3.8, 4) is 11.5 Å². The molecular formula is C22H30ClN3O3. The van der Waals surface area contributed by atoms with Gasteiger partial charge >= 0.3 is 0 Å². The van der Waals surface area contributed by atoms with Gasteiger partial charge in [0, 0.05) is 30.4 Å². The molecule has 0 unspecified atom stereocenters. The number of halogens is 1. The number of H-pyrrole nitrogens is 1. The van der Waals surface area contributed by atoms with Crippen LogP contribution in [0.3, 0.4) is 0 Å². The SMILES string of the molecule is COc1cc(/C=C/C(=O)NC2CCC(C)CC2)ccc1OCCc1ccn[nH]1.Cl. The Hall–Kier alpha value is -2.47. The quantitative estimate of drug-likeness (QED) is 0.629. The van der Waals surface area contributed by atoms with E-state index in [2.05, 4.69) is 22.4 Å². The van der Waals surface area contributed by atoms with E-state index in [-0.39, 0.29) is 18.3 Å². The van der Waals surface area contributed by atoms with Gasteiger partial charge < -0.3 is 14.8 Å². The number of aromatic amines is 1. The lowest BCUT2D eigenvalue weighted by Crippen LogP contribution is -2.36. The second kappa shape index (κ2) is 11.5. The maximum Gasteiger partial charge on any atom is 0.244 e. The van der Waals surface area contributed by atoms with Crippen molar-refractivity contribution in [3.63, 3.8) is 0 Å². The normalized spacial score (nSPS) is 18.8. The largest absolute Gasteiger partial charge is 0.493 e. The van der Waals surface area contributed by atoms with Crippen LogP contribution < -0.4 is 14.8 Å². The average Bonchev–Trinajstić information content (AvgIpc) is 3.22. The van der Waals surface area contributed by atoms with Gasteiger partial charge in [0.15, 0.2) is 11.5 Å². The molecular weight excluding hydrogens is 390 g/mol. The predicted octanol–water partition coefficient (Wildman–Crippen LogP) is 4.17. The molecule has 2 aromatic rings. The van der Waals surface area contributed by atoms with Crippen molar-refractivity contribution in [2.45, 2.75) is 45.1 Å². The highest BCUT2D eigenvalue weighted by Gasteiger charge is 2.18. The first-order valence-corrected chi connectivity index (χ1v) is 9.91. The predicted molar refractivity (Wildman–Crippen MR) is 117 cm³/mol. The highest BCUT2D eigenvalue weighted by molar-refractivity contribution is 5.92. The number of nitrogens with zero attached hydrogens (tertiary/aromatic N) is 1. The van der Waals surface area contributed by atoms with Gasteiger partial charge in [0.05, 0.1) is 13.7 Å². The van der Waals surface area contributed by atoms with Gasteiger partial charge in [-0.3, -0.25) is 9.89 Å². The summed E-state index contributed by atoms with van der Waals surface area (Å²) in [7, 11) is 1.61. The van der Waals surface area contributed by atoms with Crippen molar-refractivity contribution >= 4 is 24.4 Å². The van der Waals surface area contributed by atoms with E-state index in [1.807, 2.05) is 24.3 Å². The fraction of sp³-hybridized carbons (Fsp3) is 0.455. The topological polar surface area (TPSA) is 76.2 Å². The number of carbonyl (C=O) groups excluding carboxylic acids is 1. The molecule has 1 aliphatic rings. The van der Waals surface area contributed by atoms with Gasteiger partial charge in [-0.1, -0.05) is 13.0 Å². The summed E-state index contributed by atoms with van der Waals surface area (Å²) in [6.07, 6.45) is 10.4.